The van der Waals surface area contributed by atoms with E-state index in [4.69, 9.17) is 31.5 Å². The number of fused-ring (bicyclic) bond motifs is 1. The first-order valence-corrected chi connectivity index (χ1v) is 8.33. The number of carbonyl (C=O) groups excluding carboxylic acids is 1. The largest absolute Gasteiger partial charge is 0.491 e. The highest BCUT2D eigenvalue weighted by Crippen LogP contribution is 2.38. The SMILES string of the molecule is NC(=O)CCOc1ccccc1NCc1cc(Cl)c2c(c1)OCCO2. The first kappa shape index (κ1) is 17.2. The third-order valence-electron chi connectivity index (χ3n) is 3.63. The number of primary amides is 1. The van der Waals surface area contributed by atoms with Gasteiger partial charge in [-0.3, -0.25) is 4.79 Å². The van der Waals surface area contributed by atoms with Crippen LogP contribution in [0.3, 0.4) is 0 Å². The molecule has 1 amide bonds. The van der Waals surface area contributed by atoms with Crippen LogP contribution >= 0.6 is 11.6 Å². The van der Waals surface area contributed by atoms with Crippen molar-refractivity contribution in [3.05, 3.63) is 47.0 Å². The molecule has 1 heterocycles. The zero-order valence-corrected chi connectivity index (χ0v) is 14.3. The lowest BCUT2D eigenvalue weighted by Gasteiger charge is -2.20. The van der Waals surface area contributed by atoms with Crippen molar-refractivity contribution in [3.8, 4) is 17.2 Å². The van der Waals surface area contributed by atoms with Crippen LogP contribution in [-0.4, -0.2) is 25.7 Å². The predicted molar refractivity (Wildman–Crippen MR) is 95.5 cm³/mol. The van der Waals surface area contributed by atoms with Gasteiger partial charge in [0.25, 0.3) is 0 Å². The number of hydrogen-bond acceptors (Lipinski definition) is 5. The van der Waals surface area contributed by atoms with Crippen LogP contribution in [0.4, 0.5) is 5.69 Å². The van der Waals surface area contributed by atoms with Crippen molar-refractivity contribution < 1.29 is 19.0 Å². The molecule has 0 saturated heterocycles. The molecule has 132 valence electrons. The van der Waals surface area contributed by atoms with Gasteiger partial charge < -0.3 is 25.3 Å². The van der Waals surface area contributed by atoms with Crippen LogP contribution < -0.4 is 25.3 Å². The molecule has 2 aromatic rings. The smallest absolute Gasteiger partial charge is 0.220 e. The minimum absolute atomic E-state index is 0.173. The van der Waals surface area contributed by atoms with Crippen LogP contribution in [0, 0.1) is 0 Å². The zero-order chi connectivity index (χ0) is 17.6. The van der Waals surface area contributed by atoms with Gasteiger partial charge in [0.15, 0.2) is 11.5 Å². The number of rotatable bonds is 7. The van der Waals surface area contributed by atoms with Crippen LogP contribution in [0.15, 0.2) is 36.4 Å². The lowest BCUT2D eigenvalue weighted by molar-refractivity contribution is -0.118. The van der Waals surface area contributed by atoms with Crippen LogP contribution in [0.25, 0.3) is 0 Å². The molecule has 0 aliphatic carbocycles. The van der Waals surface area contributed by atoms with Crippen molar-refractivity contribution in [3.63, 3.8) is 0 Å². The number of benzene rings is 2. The van der Waals surface area contributed by atoms with Gasteiger partial charge >= 0.3 is 0 Å². The number of hydrogen-bond donors (Lipinski definition) is 2. The fraction of sp³-hybridized carbons (Fsp3) is 0.278. The van der Waals surface area contributed by atoms with Crippen molar-refractivity contribution in [1.29, 1.82) is 0 Å². The Kier molecular flexibility index (Phi) is 5.50. The molecular weight excluding hydrogens is 344 g/mol. The van der Waals surface area contributed by atoms with E-state index < -0.39 is 5.91 Å². The summed E-state index contributed by atoms with van der Waals surface area (Å²) in [4.78, 5) is 10.8. The average molecular weight is 363 g/mol. The highest BCUT2D eigenvalue weighted by Gasteiger charge is 2.16. The number of amides is 1. The summed E-state index contributed by atoms with van der Waals surface area (Å²) in [7, 11) is 0. The summed E-state index contributed by atoms with van der Waals surface area (Å²) in [5.41, 5.74) is 6.91. The molecule has 0 spiro atoms. The second-order valence-corrected chi connectivity index (χ2v) is 5.92. The molecule has 0 saturated carbocycles. The molecule has 0 aromatic heterocycles. The van der Waals surface area contributed by atoms with E-state index in [2.05, 4.69) is 5.32 Å². The molecule has 0 unspecified atom stereocenters. The van der Waals surface area contributed by atoms with Gasteiger partial charge in [-0.1, -0.05) is 23.7 Å². The molecule has 0 fully saturated rings. The number of nitrogens with one attached hydrogen (secondary N) is 1. The Morgan fingerprint density at radius 3 is 2.88 bits per heavy atom. The summed E-state index contributed by atoms with van der Waals surface area (Å²) in [6, 6.07) is 11.3. The molecule has 1 aliphatic rings. The first-order chi connectivity index (χ1) is 12.1. The lowest BCUT2D eigenvalue weighted by atomic mass is 10.2. The fourth-order valence-corrected chi connectivity index (χ4v) is 2.75. The summed E-state index contributed by atoms with van der Waals surface area (Å²) in [5.74, 6) is 1.51. The van der Waals surface area contributed by atoms with Crippen molar-refractivity contribution in [1.82, 2.24) is 0 Å². The highest BCUT2D eigenvalue weighted by molar-refractivity contribution is 6.32. The van der Waals surface area contributed by atoms with Crippen LogP contribution in [0.1, 0.15) is 12.0 Å². The number of carbonyl (C=O) groups is 1. The first-order valence-electron chi connectivity index (χ1n) is 7.95. The van der Waals surface area contributed by atoms with E-state index >= 15 is 0 Å². The third-order valence-corrected chi connectivity index (χ3v) is 3.91. The second kappa shape index (κ2) is 7.98. The van der Waals surface area contributed by atoms with Crippen molar-refractivity contribution in [2.45, 2.75) is 13.0 Å². The quantitative estimate of drug-likeness (QED) is 0.791. The molecular formula is C18H19ClN2O4. The van der Waals surface area contributed by atoms with Gasteiger partial charge in [0.2, 0.25) is 5.91 Å². The van der Waals surface area contributed by atoms with Crippen molar-refractivity contribution >= 4 is 23.2 Å². The monoisotopic (exact) mass is 362 g/mol. The molecule has 25 heavy (non-hydrogen) atoms. The van der Waals surface area contributed by atoms with Gasteiger partial charge in [0.05, 0.1) is 23.7 Å². The summed E-state index contributed by atoms with van der Waals surface area (Å²) in [6.07, 6.45) is 0.173. The molecule has 0 radical (unpaired) electrons. The summed E-state index contributed by atoms with van der Waals surface area (Å²) in [6.45, 7) is 1.79. The number of halogens is 1. The van der Waals surface area contributed by atoms with Gasteiger partial charge in [0, 0.05) is 6.54 Å². The Hall–Kier alpha value is -2.60. The Morgan fingerprint density at radius 1 is 1.24 bits per heavy atom. The van der Waals surface area contributed by atoms with E-state index in [0.29, 0.717) is 42.0 Å². The summed E-state index contributed by atoms with van der Waals surface area (Å²) < 4.78 is 16.7. The maximum atomic E-state index is 10.8. The molecule has 2 aromatic carbocycles. The Morgan fingerprint density at radius 2 is 2.04 bits per heavy atom. The molecule has 7 heteroatoms. The third kappa shape index (κ3) is 4.48. The van der Waals surface area contributed by atoms with Gasteiger partial charge in [-0.05, 0) is 29.8 Å². The molecule has 0 atom stereocenters. The number of para-hydroxylation sites is 2. The molecule has 3 N–H and O–H groups in total. The molecule has 1 aliphatic heterocycles. The minimum atomic E-state index is -0.392. The molecule has 0 bridgehead atoms. The zero-order valence-electron chi connectivity index (χ0n) is 13.6. The van der Waals surface area contributed by atoms with E-state index in [9.17, 15) is 4.79 Å². The molecule has 6 nitrogen and oxygen atoms in total. The fourth-order valence-electron chi connectivity index (χ4n) is 2.46. The summed E-state index contributed by atoms with van der Waals surface area (Å²) in [5, 5.41) is 3.83. The predicted octanol–water partition coefficient (Wildman–Crippen LogP) is 2.98. The van der Waals surface area contributed by atoms with E-state index in [-0.39, 0.29) is 13.0 Å². The van der Waals surface area contributed by atoms with Crippen LogP contribution in [0.2, 0.25) is 5.02 Å². The Labute approximate surface area is 150 Å². The molecule has 3 rings (SSSR count). The van der Waals surface area contributed by atoms with Crippen molar-refractivity contribution in [2.75, 3.05) is 25.1 Å². The maximum absolute atomic E-state index is 10.8. The van der Waals surface area contributed by atoms with Crippen molar-refractivity contribution in [2.24, 2.45) is 5.73 Å². The van der Waals surface area contributed by atoms with Gasteiger partial charge in [-0.15, -0.1) is 0 Å². The topological polar surface area (TPSA) is 82.8 Å². The van der Waals surface area contributed by atoms with Crippen LogP contribution in [0.5, 0.6) is 17.2 Å². The second-order valence-electron chi connectivity index (χ2n) is 5.52. The maximum Gasteiger partial charge on any atom is 0.220 e. The standard InChI is InChI=1S/C18H19ClN2O4/c19-13-9-12(10-16-18(13)25-8-7-24-16)11-21-14-3-1-2-4-15(14)23-6-5-17(20)22/h1-4,9-10,21H,5-8,11H2,(H2,20,22). The Balaban J connectivity index is 1.67. The van der Waals surface area contributed by atoms with Gasteiger partial charge in [0.1, 0.15) is 19.0 Å². The van der Waals surface area contributed by atoms with E-state index in [1.807, 2.05) is 36.4 Å². The number of anilines is 1. The normalized spacial score (nSPS) is 12.5. The number of nitrogens with two attached hydrogens (primary N) is 1. The lowest BCUT2D eigenvalue weighted by Crippen LogP contribution is -2.16. The van der Waals surface area contributed by atoms with Gasteiger partial charge in [-0.2, -0.15) is 0 Å². The average Bonchev–Trinajstić information content (AvgIpc) is 2.61. The van der Waals surface area contributed by atoms with E-state index in [1.54, 1.807) is 0 Å². The summed E-state index contributed by atoms with van der Waals surface area (Å²) >= 11 is 6.26. The van der Waals surface area contributed by atoms with E-state index in [0.717, 1.165) is 11.3 Å². The van der Waals surface area contributed by atoms with Crippen LogP contribution in [-0.2, 0) is 11.3 Å². The van der Waals surface area contributed by atoms with E-state index in [1.165, 1.54) is 0 Å². The number of ether oxygens (including phenoxy) is 3. The minimum Gasteiger partial charge on any atom is -0.491 e. The highest BCUT2D eigenvalue weighted by atomic mass is 35.5. The Bertz CT molecular complexity index is 767. The van der Waals surface area contributed by atoms with Gasteiger partial charge in [-0.25, -0.2) is 0 Å².